The number of hydrogen-bond donors (Lipinski definition) is 0. The van der Waals surface area contributed by atoms with E-state index in [9.17, 15) is 0 Å². The van der Waals surface area contributed by atoms with E-state index in [1.54, 1.807) is 20.5 Å². The number of aromatic nitrogens is 2. The smallest absolute Gasteiger partial charge is 0.162 e. The van der Waals surface area contributed by atoms with E-state index in [-0.39, 0.29) is 0 Å². The molecule has 4 aromatic rings. The molecule has 4 nitrogen and oxygen atoms in total. The van der Waals surface area contributed by atoms with Gasteiger partial charge in [-0.05, 0) is 22.4 Å². The maximum atomic E-state index is 5.44. The molecule has 0 saturated heterocycles. The Kier molecular flexibility index (Phi) is 3.94. The topological polar surface area (TPSA) is 44.2 Å². The van der Waals surface area contributed by atoms with Crippen LogP contribution in [0, 0.1) is 0 Å². The quantitative estimate of drug-likeness (QED) is 0.556. The molecule has 0 N–H and O–H groups in total. The molecule has 0 fully saturated rings. The van der Waals surface area contributed by atoms with Crippen LogP contribution < -0.4 is 9.47 Å². The van der Waals surface area contributed by atoms with Crippen LogP contribution in [0.4, 0.5) is 0 Å². The van der Waals surface area contributed by atoms with Crippen molar-refractivity contribution in [2.45, 2.75) is 6.42 Å². The van der Waals surface area contributed by atoms with Crippen LogP contribution >= 0.6 is 0 Å². The minimum absolute atomic E-state index is 0.671. The Labute approximate surface area is 146 Å². The maximum absolute atomic E-state index is 5.44. The van der Waals surface area contributed by atoms with Crippen molar-refractivity contribution in [1.82, 2.24) is 9.97 Å². The summed E-state index contributed by atoms with van der Waals surface area (Å²) in [6.07, 6.45) is 2.34. The van der Waals surface area contributed by atoms with Gasteiger partial charge in [0.15, 0.2) is 11.5 Å². The SMILES string of the molecule is COc1cc2ncnc(Cc3cccc4ccccc34)c2cc1OC. The van der Waals surface area contributed by atoms with Crippen molar-refractivity contribution in [2.75, 3.05) is 14.2 Å². The molecule has 25 heavy (non-hydrogen) atoms. The lowest BCUT2D eigenvalue weighted by Crippen LogP contribution is -1.98. The first-order valence-corrected chi connectivity index (χ1v) is 8.12. The Balaban J connectivity index is 1.86. The van der Waals surface area contributed by atoms with E-state index in [1.165, 1.54) is 16.3 Å². The standard InChI is InChI=1S/C21H18N2O2/c1-24-20-11-17-18(22-13-23-19(17)12-21(20)25-2)10-15-8-5-7-14-6-3-4-9-16(14)15/h3-9,11-13H,10H2,1-2H3. The second-order valence-electron chi connectivity index (χ2n) is 5.86. The average molecular weight is 330 g/mol. The highest BCUT2D eigenvalue weighted by molar-refractivity contribution is 5.88. The van der Waals surface area contributed by atoms with Gasteiger partial charge in [0.1, 0.15) is 6.33 Å². The van der Waals surface area contributed by atoms with E-state index in [0.29, 0.717) is 11.5 Å². The number of hydrogen-bond acceptors (Lipinski definition) is 4. The molecule has 1 aromatic heterocycles. The molecule has 0 aliphatic rings. The summed E-state index contributed by atoms with van der Waals surface area (Å²) in [7, 11) is 3.26. The molecule has 3 aromatic carbocycles. The third-order valence-corrected chi connectivity index (χ3v) is 4.46. The Hall–Kier alpha value is -3.14. The molecule has 0 aliphatic carbocycles. The van der Waals surface area contributed by atoms with Crippen LogP contribution in [0.5, 0.6) is 11.5 Å². The van der Waals surface area contributed by atoms with Crippen molar-refractivity contribution in [3.05, 3.63) is 72.2 Å². The molecule has 0 atom stereocenters. The molecule has 0 saturated carbocycles. The van der Waals surface area contributed by atoms with Crippen molar-refractivity contribution >= 4 is 21.7 Å². The van der Waals surface area contributed by atoms with E-state index in [2.05, 4.69) is 52.4 Å². The zero-order valence-electron chi connectivity index (χ0n) is 14.2. The Bertz CT molecular complexity index is 1050. The molecule has 0 unspecified atom stereocenters. The maximum Gasteiger partial charge on any atom is 0.162 e. The second-order valence-corrected chi connectivity index (χ2v) is 5.86. The van der Waals surface area contributed by atoms with Gasteiger partial charge in [-0.1, -0.05) is 42.5 Å². The molecule has 0 amide bonds. The van der Waals surface area contributed by atoms with Crippen LogP contribution in [0.1, 0.15) is 11.3 Å². The van der Waals surface area contributed by atoms with E-state index < -0.39 is 0 Å². The summed E-state index contributed by atoms with van der Waals surface area (Å²) < 4.78 is 10.8. The summed E-state index contributed by atoms with van der Waals surface area (Å²) in [5.74, 6) is 1.36. The van der Waals surface area contributed by atoms with Crippen LogP contribution in [0.2, 0.25) is 0 Å². The molecular weight excluding hydrogens is 312 g/mol. The number of methoxy groups -OCH3 is 2. The first-order valence-electron chi connectivity index (χ1n) is 8.12. The zero-order chi connectivity index (χ0) is 17.2. The average Bonchev–Trinajstić information content (AvgIpc) is 2.67. The third-order valence-electron chi connectivity index (χ3n) is 4.46. The minimum Gasteiger partial charge on any atom is -0.493 e. The molecule has 0 bridgehead atoms. The summed E-state index contributed by atoms with van der Waals surface area (Å²) in [6.45, 7) is 0. The molecule has 0 radical (unpaired) electrons. The van der Waals surface area contributed by atoms with Gasteiger partial charge < -0.3 is 9.47 Å². The number of nitrogens with zero attached hydrogens (tertiary/aromatic N) is 2. The highest BCUT2D eigenvalue weighted by atomic mass is 16.5. The van der Waals surface area contributed by atoms with Crippen LogP contribution in [-0.4, -0.2) is 24.2 Å². The lowest BCUT2D eigenvalue weighted by atomic mass is 9.99. The fourth-order valence-corrected chi connectivity index (χ4v) is 3.20. The Morgan fingerprint density at radius 1 is 0.800 bits per heavy atom. The fourth-order valence-electron chi connectivity index (χ4n) is 3.20. The molecule has 124 valence electrons. The molecule has 4 rings (SSSR count). The first-order chi connectivity index (χ1) is 12.3. The number of rotatable bonds is 4. The monoisotopic (exact) mass is 330 g/mol. The van der Waals surface area contributed by atoms with E-state index >= 15 is 0 Å². The van der Waals surface area contributed by atoms with E-state index in [1.807, 2.05) is 12.1 Å². The second kappa shape index (κ2) is 6.40. The molecule has 1 heterocycles. The lowest BCUT2D eigenvalue weighted by molar-refractivity contribution is 0.355. The van der Waals surface area contributed by atoms with Crippen molar-refractivity contribution in [3.8, 4) is 11.5 Å². The number of fused-ring (bicyclic) bond motifs is 2. The summed E-state index contributed by atoms with van der Waals surface area (Å²) in [5.41, 5.74) is 3.07. The summed E-state index contributed by atoms with van der Waals surface area (Å²) >= 11 is 0. The zero-order valence-corrected chi connectivity index (χ0v) is 14.2. The minimum atomic E-state index is 0.671. The molecule has 0 spiro atoms. The van der Waals surface area contributed by atoms with Crippen LogP contribution in [0.15, 0.2) is 60.9 Å². The Morgan fingerprint density at radius 2 is 1.56 bits per heavy atom. The van der Waals surface area contributed by atoms with Crippen molar-refractivity contribution in [1.29, 1.82) is 0 Å². The van der Waals surface area contributed by atoms with Gasteiger partial charge in [0, 0.05) is 17.9 Å². The molecule has 4 heteroatoms. The van der Waals surface area contributed by atoms with E-state index in [4.69, 9.17) is 9.47 Å². The van der Waals surface area contributed by atoms with Gasteiger partial charge in [-0.2, -0.15) is 0 Å². The number of ether oxygens (including phenoxy) is 2. The number of benzene rings is 3. The molecule has 0 aliphatic heterocycles. The lowest BCUT2D eigenvalue weighted by Gasteiger charge is -2.12. The van der Waals surface area contributed by atoms with Crippen LogP contribution in [0.3, 0.4) is 0 Å². The van der Waals surface area contributed by atoms with Gasteiger partial charge in [0.2, 0.25) is 0 Å². The predicted octanol–water partition coefficient (Wildman–Crippen LogP) is 4.39. The largest absolute Gasteiger partial charge is 0.493 e. The van der Waals surface area contributed by atoms with Crippen molar-refractivity contribution in [2.24, 2.45) is 0 Å². The summed E-state index contributed by atoms with van der Waals surface area (Å²) in [5, 5.41) is 3.46. The van der Waals surface area contributed by atoms with Crippen LogP contribution in [-0.2, 0) is 6.42 Å². The normalized spacial score (nSPS) is 11.0. The highest BCUT2D eigenvalue weighted by Gasteiger charge is 2.12. The fraction of sp³-hybridized carbons (Fsp3) is 0.143. The van der Waals surface area contributed by atoms with Gasteiger partial charge >= 0.3 is 0 Å². The van der Waals surface area contributed by atoms with Crippen molar-refractivity contribution in [3.63, 3.8) is 0 Å². The van der Waals surface area contributed by atoms with Gasteiger partial charge in [-0.15, -0.1) is 0 Å². The highest BCUT2D eigenvalue weighted by Crippen LogP contribution is 2.33. The van der Waals surface area contributed by atoms with Gasteiger partial charge in [0.05, 0.1) is 25.4 Å². The summed E-state index contributed by atoms with van der Waals surface area (Å²) in [6, 6.07) is 18.6. The van der Waals surface area contributed by atoms with Gasteiger partial charge in [-0.3, -0.25) is 0 Å². The van der Waals surface area contributed by atoms with Gasteiger partial charge in [0.25, 0.3) is 0 Å². The summed E-state index contributed by atoms with van der Waals surface area (Å²) in [4.78, 5) is 8.92. The predicted molar refractivity (Wildman–Crippen MR) is 99.4 cm³/mol. The Morgan fingerprint density at radius 3 is 2.40 bits per heavy atom. The first kappa shape index (κ1) is 15.4. The molecular formula is C21H18N2O2. The van der Waals surface area contributed by atoms with Crippen molar-refractivity contribution < 1.29 is 9.47 Å². The third kappa shape index (κ3) is 2.76. The van der Waals surface area contributed by atoms with E-state index in [0.717, 1.165) is 23.0 Å². The van der Waals surface area contributed by atoms with Crippen LogP contribution in [0.25, 0.3) is 21.7 Å². The van der Waals surface area contributed by atoms with Gasteiger partial charge in [-0.25, -0.2) is 9.97 Å².